The molecule has 0 fully saturated rings. The summed E-state index contributed by atoms with van der Waals surface area (Å²) in [6, 6.07) is 0. The first-order chi connectivity index (χ1) is 11.7. The average molecular weight is 342 g/mol. The molecule has 4 nitrogen and oxygen atoms in total. The second kappa shape index (κ2) is 6.40. The molecule has 1 N–H and O–H groups in total. The van der Waals surface area contributed by atoms with Crippen LogP contribution in [0, 0.1) is 13.8 Å². The van der Waals surface area contributed by atoms with E-state index in [4.69, 9.17) is 4.74 Å². The monoisotopic (exact) mass is 342 g/mol. The van der Waals surface area contributed by atoms with E-state index in [0.29, 0.717) is 5.75 Å². The first kappa shape index (κ1) is 17.8. The second-order valence-electron chi connectivity index (χ2n) is 7.96. The van der Waals surface area contributed by atoms with Crippen LogP contribution in [0.1, 0.15) is 62.3 Å². The first-order valence-electron chi connectivity index (χ1n) is 9.27. The Balaban J connectivity index is 2.13. The van der Waals surface area contributed by atoms with Crippen molar-refractivity contribution in [1.29, 1.82) is 0 Å². The molecule has 3 rings (SSSR count). The molecule has 1 aromatic carbocycles. The van der Waals surface area contributed by atoms with Crippen molar-refractivity contribution in [3.8, 4) is 11.5 Å². The SMILES string of the molecule is CCCC1=NN(C)CC1=Cc1c(O)c(C)c(C)c2c1CCC(C)(C)O2. The fourth-order valence-electron chi connectivity index (χ4n) is 3.73. The van der Waals surface area contributed by atoms with Gasteiger partial charge in [0.1, 0.15) is 17.1 Å². The number of fused-ring (bicyclic) bond motifs is 1. The molecule has 4 heteroatoms. The van der Waals surface area contributed by atoms with Gasteiger partial charge in [-0.05, 0) is 69.7 Å². The Hall–Kier alpha value is -1.97. The van der Waals surface area contributed by atoms with E-state index in [2.05, 4.69) is 31.9 Å². The normalized spacial score (nSPS) is 20.5. The number of hydrazone groups is 1. The molecule has 1 aromatic rings. The maximum atomic E-state index is 10.9. The molecule has 0 radical (unpaired) electrons. The van der Waals surface area contributed by atoms with Crippen LogP contribution in [-0.4, -0.2) is 35.0 Å². The summed E-state index contributed by atoms with van der Waals surface area (Å²) in [5.74, 6) is 1.34. The Kier molecular flexibility index (Phi) is 4.56. The summed E-state index contributed by atoms with van der Waals surface area (Å²) in [6.45, 7) is 11.2. The Bertz CT molecular complexity index is 760. The number of ether oxygens (including phenoxy) is 1. The third-order valence-electron chi connectivity index (χ3n) is 5.33. The van der Waals surface area contributed by atoms with Gasteiger partial charge in [0.05, 0.1) is 12.3 Å². The summed E-state index contributed by atoms with van der Waals surface area (Å²) >= 11 is 0. The van der Waals surface area contributed by atoms with Crippen molar-refractivity contribution in [3.63, 3.8) is 0 Å². The van der Waals surface area contributed by atoms with Crippen LogP contribution >= 0.6 is 0 Å². The van der Waals surface area contributed by atoms with E-state index in [1.165, 1.54) is 5.57 Å². The van der Waals surface area contributed by atoms with E-state index < -0.39 is 0 Å². The third-order valence-corrected chi connectivity index (χ3v) is 5.33. The Morgan fingerprint density at radius 3 is 2.68 bits per heavy atom. The summed E-state index contributed by atoms with van der Waals surface area (Å²) in [5, 5.41) is 17.5. The lowest BCUT2D eigenvalue weighted by atomic mass is 9.86. The molecule has 0 saturated carbocycles. The molecule has 2 aliphatic rings. The van der Waals surface area contributed by atoms with Crippen molar-refractivity contribution in [2.75, 3.05) is 13.6 Å². The van der Waals surface area contributed by atoms with Crippen molar-refractivity contribution >= 4 is 11.8 Å². The lowest BCUT2D eigenvalue weighted by molar-refractivity contribution is 0.0833. The van der Waals surface area contributed by atoms with E-state index >= 15 is 0 Å². The standard InChI is InChI=1S/C21H30N2O2/c1-7-8-18-15(12-23(6)22-18)11-17-16-9-10-21(4,5)25-20(16)14(3)13(2)19(17)24/h11,24H,7-10,12H2,1-6H3. The lowest BCUT2D eigenvalue weighted by Crippen LogP contribution is -2.33. The van der Waals surface area contributed by atoms with Gasteiger partial charge in [-0.25, -0.2) is 0 Å². The molecular weight excluding hydrogens is 312 g/mol. The topological polar surface area (TPSA) is 45.1 Å². The number of phenolic OH excluding ortho intramolecular Hbond substituents is 1. The Morgan fingerprint density at radius 2 is 2.00 bits per heavy atom. The van der Waals surface area contributed by atoms with Gasteiger partial charge >= 0.3 is 0 Å². The second-order valence-corrected chi connectivity index (χ2v) is 7.96. The van der Waals surface area contributed by atoms with E-state index in [1.54, 1.807) is 0 Å². The minimum atomic E-state index is -0.159. The molecule has 0 unspecified atom stereocenters. The number of benzene rings is 1. The van der Waals surface area contributed by atoms with E-state index in [1.807, 2.05) is 25.9 Å². The smallest absolute Gasteiger partial charge is 0.127 e. The molecule has 0 atom stereocenters. The number of hydrogen-bond acceptors (Lipinski definition) is 4. The summed E-state index contributed by atoms with van der Waals surface area (Å²) in [4.78, 5) is 0. The van der Waals surface area contributed by atoms with Crippen molar-refractivity contribution in [1.82, 2.24) is 5.01 Å². The molecule has 2 heterocycles. The molecule has 0 amide bonds. The molecular formula is C21H30N2O2. The van der Waals surface area contributed by atoms with Gasteiger partial charge in [0, 0.05) is 18.2 Å². The highest BCUT2D eigenvalue weighted by atomic mass is 16.5. The number of likely N-dealkylation sites (N-methyl/N-ethyl adjacent to an activating group) is 1. The zero-order chi connectivity index (χ0) is 18.4. The molecule has 136 valence electrons. The molecule has 2 aliphatic heterocycles. The van der Waals surface area contributed by atoms with Crippen LogP contribution < -0.4 is 4.74 Å². The van der Waals surface area contributed by atoms with Crippen LogP contribution in [0.25, 0.3) is 6.08 Å². The molecule has 0 bridgehead atoms. The highest BCUT2D eigenvalue weighted by Gasteiger charge is 2.31. The molecule has 0 aromatic heterocycles. The van der Waals surface area contributed by atoms with E-state index in [0.717, 1.165) is 65.9 Å². The highest BCUT2D eigenvalue weighted by molar-refractivity contribution is 6.05. The van der Waals surface area contributed by atoms with Crippen LogP contribution in [0.2, 0.25) is 0 Å². The van der Waals surface area contributed by atoms with Gasteiger partial charge in [0.15, 0.2) is 0 Å². The van der Waals surface area contributed by atoms with Gasteiger partial charge < -0.3 is 9.84 Å². The minimum Gasteiger partial charge on any atom is -0.507 e. The minimum absolute atomic E-state index is 0.159. The van der Waals surface area contributed by atoms with Gasteiger partial charge in [0.2, 0.25) is 0 Å². The highest BCUT2D eigenvalue weighted by Crippen LogP contribution is 2.44. The Morgan fingerprint density at radius 1 is 1.28 bits per heavy atom. The molecule has 0 saturated heterocycles. The van der Waals surface area contributed by atoms with E-state index in [-0.39, 0.29) is 5.60 Å². The van der Waals surface area contributed by atoms with Crippen LogP contribution in [0.15, 0.2) is 10.7 Å². The van der Waals surface area contributed by atoms with Crippen LogP contribution in [0.5, 0.6) is 11.5 Å². The van der Waals surface area contributed by atoms with Gasteiger partial charge in [-0.2, -0.15) is 5.10 Å². The summed E-state index contributed by atoms with van der Waals surface area (Å²) in [5.41, 5.74) is 6.19. The van der Waals surface area contributed by atoms with Gasteiger partial charge in [0.25, 0.3) is 0 Å². The maximum absolute atomic E-state index is 10.9. The van der Waals surface area contributed by atoms with Crippen molar-refractivity contribution in [2.24, 2.45) is 5.10 Å². The van der Waals surface area contributed by atoms with Crippen LogP contribution in [0.3, 0.4) is 0 Å². The number of aromatic hydroxyl groups is 1. The zero-order valence-electron chi connectivity index (χ0n) is 16.4. The largest absolute Gasteiger partial charge is 0.507 e. The van der Waals surface area contributed by atoms with Gasteiger partial charge in [-0.3, -0.25) is 5.01 Å². The van der Waals surface area contributed by atoms with Crippen molar-refractivity contribution < 1.29 is 9.84 Å². The predicted molar refractivity (Wildman–Crippen MR) is 104 cm³/mol. The summed E-state index contributed by atoms with van der Waals surface area (Å²) in [6.07, 6.45) is 6.05. The van der Waals surface area contributed by atoms with Gasteiger partial charge in [-0.15, -0.1) is 0 Å². The number of phenols is 1. The van der Waals surface area contributed by atoms with Gasteiger partial charge in [-0.1, -0.05) is 13.3 Å². The van der Waals surface area contributed by atoms with E-state index in [9.17, 15) is 5.11 Å². The summed E-state index contributed by atoms with van der Waals surface area (Å²) in [7, 11) is 2.00. The average Bonchev–Trinajstić information content (AvgIpc) is 2.89. The van der Waals surface area contributed by atoms with Crippen molar-refractivity contribution in [3.05, 3.63) is 27.8 Å². The quantitative estimate of drug-likeness (QED) is 0.873. The fraction of sp³-hybridized carbons (Fsp3) is 0.571. The maximum Gasteiger partial charge on any atom is 0.127 e. The predicted octanol–water partition coefficient (Wildman–Crippen LogP) is 4.60. The number of hydrogen-bond donors (Lipinski definition) is 1. The molecule has 25 heavy (non-hydrogen) atoms. The first-order valence-corrected chi connectivity index (χ1v) is 9.27. The summed E-state index contributed by atoms with van der Waals surface area (Å²) < 4.78 is 6.31. The van der Waals surface area contributed by atoms with Crippen LogP contribution in [-0.2, 0) is 6.42 Å². The molecule has 0 aliphatic carbocycles. The molecule has 0 spiro atoms. The Labute approximate surface area is 151 Å². The van der Waals surface area contributed by atoms with Crippen molar-refractivity contribution in [2.45, 2.75) is 65.9 Å². The third kappa shape index (κ3) is 3.26. The number of nitrogens with zero attached hydrogens (tertiary/aromatic N) is 2. The number of rotatable bonds is 3. The fourth-order valence-corrected chi connectivity index (χ4v) is 3.73. The van der Waals surface area contributed by atoms with Crippen LogP contribution in [0.4, 0.5) is 0 Å². The lowest BCUT2D eigenvalue weighted by Gasteiger charge is -2.35. The zero-order valence-corrected chi connectivity index (χ0v) is 16.4.